The van der Waals surface area contributed by atoms with Crippen molar-refractivity contribution in [2.24, 2.45) is 5.10 Å². The fourth-order valence-electron chi connectivity index (χ4n) is 2.14. The molecule has 2 N–H and O–H groups in total. The Labute approximate surface area is 91.5 Å². The number of ketones is 1. The lowest BCUT2D eigenvalue weighted by Crippen LogP contribution is -2.51. The predicted molar refractivity (Wildman–Crippen MR) is 58.2 cm³/mol. The molecule has 2 aliphatic rings. The second-order valence-corrected chi connectivity index (χ2v) is 3.82. The van der Waals surface area contributed by atoms with Gasteiger partial charge >= 0.3 is 0 Å². The summed E-state index contributed by atoms with van der Waals surface area (Å²) in [5, 5.41) is 6.43. The van der Waals surface area contributed by atoms with Crippen molar-refractivity contribution in [3.05, 3.63) is 29.8 Å². The van der Waals surface area contributed by atoms with Gasteiger partial charge < -0.3 is 5.32 Å². The van der Waals surface area contributed by atoms with Gasteiger partial charge in [-0.15, -0.1) is 0 Å². The molecule has 1 aromatic rings. The topological polar surface area (TPSA) is 70.6 Å². The van der Waals surface area contributed by atoms with E-state index in [-0.39, 0.29) is 11.7 Å². The Morgan fingerprint density at radius 2 is 2.00 bits per heavy atom. The summed E-state index contributed by atoms with van der Waals surface area (Å²) < 4.78 is 0. The van der Waals surface area contributed by atoms with Crippen LogP contribution in [0.2, 0.25) is 0 Å². The molecule has 5 heteroatoms. The van der Waals surface area contributed by atoms with Crippen LogP contribution in [0.3, 0.4) is 0 Å². The van der Waals surface area contributed by atoms with Gasteiger partial charge in [-0.05, 0) is 11.6 Å². The number of fused-ring (bicyclic) bond motifs is 3. The van der Waals surface area contributed by atoms with Gasteiger partial charge in [0.2, 0.25) is 5.91 Å². The molecular weight excluding hydrogens is 206 g/mol. The minimum Gasteiger partial charge on any atom is -0.324 e. The van der Waals surface area contributed by atoms with E-state index in [1.54, 1.807) is 6.07 Å². The number of anilines is 1. The van der Waals surface area contributed by atoms with Crippen LogP contribution in [0.4, 0.5) is 5.69 Å². The summed E-state index contributed by atoms with van der Waals surface area (Å²) in [6, 6.07) is 6.74. The Kier molecular flexibility index (Phi) is 1.80. The number of para-hydroxylation sites is 1. The van der Waals surface area contributed by atoms with Crippen LogP contribution < -0.4 is 10.7 Å². The number of hydrogen-bond donors (Lipinski definition) is 2. The highest BCUT2D eigenvalue weighted by Crippen LogP contribution is 2.33. The second kappa shape index (κ2) is 3.16. The van der Waals surface area contributed by atoms with Crippen LogP contribution in [0.25, 0.3) is 0 Å². The number of carbonyl (C=O) groups is 2. The molecule has 16 heavy (non-hydrogen) atoms. The first kappa shape index (κ1) is 9.08. The van der Waals surface area contributed by atoms with E-state index in [4.69, 9.17) is 0 Å². The summed E-state index contributed by atoms with van der Waals surface area (Å²) in [6.45, 7) is 0. The molecule has 2 aliphatic heterocycles. The van der Waals surface area contributed by atoms with Crippen molar-refractivity contribution in [1.82, 2.24) is 5.43 Å². The average molecular weight is 215 g/mol. The summed E-state index contributed by atoms with van der Waals surface area (Å²) >= 11 is 0. The van der Waals surface area contributed by atoms with Crippen LogP contribution in [0.1, 0.15) is 11.5 Å². The summed E-state index contributed by atoms with van der Waals surface area (Å²) in [7, 11) is 0. The minimum absolute atomic E-state index is 0.133. The normalized spacial score (nSPS) is 26.5. The first-order valence-electron chi connectivity index (χ1n) is 4.99. The third-order valence-electron chi connectivity index (χ3n) is 2.88. The van der Waals surface area contributed by atoms with E-state index in [1.165, 1.54) is 6.21 Å². The lowest BCUT2D eigenvalue weighted by atomic mass is 9.83. The van der Waals surface area contributed by atoms with Crippen LogP contribution in [0, 0.1) is 0 Å². The monoisotopic (exact) mass is 215 g/mol. The Hall–Kier alpha value is -2.17. The standard InChI is InChI=1S/C11H9N3O2/c15-8-5-12-14-10-9(8)6-3-1-2-4-7(6)13-11(10)16/h1-5,9-10,14H,(H,13,16). The van der Waals surface area contributed by atoms with Gasteiger partial charge in [-0.3, -0.25) is 15.0 Å². The van der Waals surface area contributed by atoms with E-state index in [0.717, 1.165) is 5.56 Å². The lowest BCUT2D eigenvalue weighted by molar-refractivity contribution is -0.123. The molecule has 0 spiro atoms. The molecule has 80 valence electrons. The van der Waals surface area contributed by atoms with Crippen molar-refractivity contribution in [2.45, 2.75) is 12.0 Å². The van der Waals surface area contributed by atoms with Crippen LogP contribution >= 0.6 is 0 Å². The lowest BCUT2D eigenvalue weighted by Gasteiger charge is -2.32. The molecule has 0 bridgehead atoms. The molecule has 0 saturated carbocycles. The smallest absolute Gasteiger partial charge is 0.249 e. The van der Waals surface area contributed by atoms with Crippen LogP contribution in [0.5, 0.6) is 0 Å². The third-order valence-corrected chi connectivity index (χ3v) is 2.88. The zero-order valence-corrected chi connectivity index (χ0v) is 8.31. The van der Waals surface area contributed by atoms with E-state index >= 15 is 0 Å². The predicted octanol–water partition coefficient (Wildman–Crippen LogP) is 0.249. The van der Waals surface area contributed by atoms with E-state index in [1.807, 2.05) is 18.2 Å². The minimum atomic E-state index is -0.590. The third kappa shape index (κ3) is 1.14. The molecule has 2 atom stereocenters. The second-order valence-electron chi connectivity index (χ2n) is 3.82. The summed E-state index contributed by atoms with van der Waals surface area (Å²) in [5.74, 6) is -0.803. The maximum atomic E-state index is 11.8. The Balaban J connectivity index is 2.17. The quantitative estimate of drug-likeness (QED) is 0.651. The van der Waals surface area contributed by atoms with Gasteiger partial charge in [0.1, 0.15) is 6.04 Å². The van der Waals surface area contributed by atoms with Gasteiger partial charge in [-0.25, -0.2) is 0 Å². The van der Waals surface area contributed by atoms with Crippen molar-refractivity contribution >= 4 is 23.6 Å². The van der Waals surface area contributed by atoms with Gasteiger partial charge in [-0.2, -0.15) is 5.10 Å². The first-order chi connectivity index (χ1) is 7.77. The SMILES string of the molecule is O=C1Nc2ccccc2C2C(=O)C=NNC12. The number of hydrogen-bond acceptors (Lipinski definition) is 4. The first-order valence-corrected chi connectivity index (χ1v) is 4.99. The zero-order valence-electron chi connectivity index (χ0n) is 8.31. The van der Waals surface area contributed by atoms with Gasteiger partial charge in [0.15, 0.2) is 5.78 Å². The highest BCUT2D eigenvalue weighted by Gasteiger charge is 2.41. The van der Waals surface area contributed by atoms with Crippen molar-refractivity contribution < 1.29 is 9.59 Å². The fraction of sp³-hybridized carbons (Fsp3) is 0.182. The molecule has 5 nitrogen and oxygen atoms in total. The molecule has 2 heterocycles. The molecule has 0 radical (unpaired) electrons. The Bertz CT molecular complexity index is 510. The molecule has 1 aromatic carbocycles. The van der Waals surface area contributed by atoms with Gasteiger partial charge in [0, 0.05) is 5.69 Å². The Morgan fingerprint density at radius 1 is 1.19 bits per heavy atom. The summed E-state index contributed by atoms with van der Waals surface area (Å²) in [5.41, 5.74) is 4.23. The molecule has 3 rings (SSSR count). The number of carbonyl (C=O) groups excluding carboxylic acids is 2. The highest BCUT2D eigenvalue weighted by atomic mass is 16.2. The van der Waals surface area contributed by atoms with Gasteiger partial charge in [-0.1, -0.05) is 18.2 Å². The summed E-state index contributed by atoms with van der Waals surface area (Å²) in [4.78, 5) is 23.5. The zero-order chi connectivity index (χ0) is 11.1. The van der Waals surface area contributed by atoms with E-state index in [0.29, 0.717) is 5.69 Å². The van der Waals surface area contributed by atoms with Gasteiger partial charge in [0.25, 0.3) is 0 Å². The number of nitrogens with zero attached hydrogens (tertiary/aromatic N) is 1. The fourth-order valence-corrected chi connectivity index (χ4v) is 2.14. The number of rotatable bonds is 0. The molecule has 0 fully saturated rings. The van der Waals surface area contributed by atoms with Crippen LogP contribution in [0.15, 0.2) is 29.4 Å². The maximum absolute atomic E-state index is 11.8. The number of benzene rings is 1. The molecule has 0 saturated heterocycles. The van der Waals surface area contributed by atoms with Gasteiger partial charge in [0.05, 0.1) is 12.1 Å². The maximum Gasteiger partial charge on any atom is 0.249 e. The van der Waals surface area contributed by atoms with E-state index in [2.05, 4.69) is 15.8 Å². The number of Topliss-reactive ketones (excluding diaryl/α,β-unsaturated/α-hetero) is 1. The molecule has 1 amide bonds. The van der Waals surface area contributed by atoms with Crippen molar-refractivity contribution in [1.29, 1.82) is 0 Å². The largest absolute Gasteiger partial charge is 0.324 e. The van der Waals surface area contributed by atoms with Crippen LogP contribution in [-0.2, 0) is 9.59 Å². The average Bonchev–Trinajstić information content (AvgIpc) is 2.30. The number of nitrogens with one attached hydrogen (secondary N) is 2. The summed E-state index contributed by atoms with van der Waals surface area (Å²) in [6.07, 6.45) is 1.23. The van der Waals surface area contributed by atoms with Crippen molar-refractivity contribution in [3.63, 3.8) is 0 Å². The number of hydrazone groups is 1. The van der Waals surface area contributed by atoms with Crippen LogP contribution in [-0.4, -0.2) is 23.9 Å². The molecule has 0 aromatic heterocycles. The van der Waals surface area contributed by atoms with E-state index in [9.17, 15) is 9.59 Å². The highest BCUT2D eigenvalue weighted by molar-refractivity contribution is 6.32. The van der Waals surface area contributed by atoms with Crippen molar-refractivity contribution in [2.75, 3.05) is 5.32 Å². The van der Waals surface area contributed by atoms with E-state index < -0.39 is 12.0 Å². The van der Waals surface area contributed by atoms with Crippen molar-refractivity contribution in [3.8, 4) is 0 Å². The molecule has 0 aliphatic carbocycles. The molecule has 2 unspecified atom stereocenters. The molecular formula is C11H9N3O2. The Morgan fingerprint density at radius 3 is 2.88 bits per heavy atom. The number of amides is 1.